The number of amides is 2. The van der Waals surface area contributed by atoms with Crippen LogP contribution < -0.4 is 0 Å². The second-order valence-corrected chi connectivity index (χ2v) is 6.53. The maximum absolute atomic E-state index is 12.8. The Bertz CT molecular complexity index is 422. The molecule has 118 valence electrons. The molecule has 0 bridgehead atoms. The maximum Gasteiger partial charge on any atom is 0.327 e. The molecule has 21 heavy (non-hydrogen) atoms. The Kier molecular flexibility index (Phi) is 6.82. The van der Waals surface area contributed by atoms with Gasteiger partial charge < -0.3 is 10.0 Å². The van der Waals surface area contributed by atoms with Crippen LogP contribution in [0.1, 0.15) is 40.0 Å². The van der Waals surface area contributed by atoms with Crippen molar-refractivity contribution in [2.75, 3.05) is 12.3 Å². The molecule has 6 nitrogen and oxygen atoms in total. The fraction of sp³-hybridized carbons (Fsp3) is 0.786. The van der Waals surface area contributed by atoms with Gasteiger partial charge in [-0.2, -0.15) is 5.26 Å². The molecule has 0 aromatic heterocycles. The Hall–Kier alpha value is -1.42. The summed E-state index contributed by atoms with van der Waals surface area (Å²) in [6.07, 6.45) is 1.93. The van der Waals surface area contributed by atoms with Crippen LogP contribution in [0.25, 0.3) is 0 Å². The van der Waals surface area contributed by atoms with Crippen molar-refractivity contribution in [2.45, 2.75) is 57.5 Å². The third-order valence-corrected chi connectivity index (χ3v) is 4.82. The summed E-state index contributed by atoms with van der Waals surface area (Å²) < 4.78 is 0. The summed E-state index contributed by atoms with van der Waals surface area (Å²) in [6.45, 7) is 6.11. The number of carboxylic acid groups (broad SMARTS) is 1. The van der Waals surface area contributed by atoms with Crippen molar-refractivity contribution in [1.29, 1.82) is 5.26 Å². The summed E-state index contributed by atoms with van der Waals surface area (Å²) in [5.41, 5.74) is 0. The minimum Gasteiger partial charge on any atom is -0.480 e. The molecule has 0 radical (unpaired) electrons. The fourth-order valence-corrected chi connectivity index (χ4v) is 3.88. The zero-order chi connectivity index (χ0) is 16.0. The van der Waals surface area contributed by atoms with Gasteiger partial charge in [-0.3, -0.25) is 4.90 Å². The maximum atomic E-state index is 12.8. The smallest absolute Gasteiger partial charge is 0.327 e. The second-order valence-electron chi connectivity index (χ2n) is 5.32. The molecule has 2 unspecified atom stereocenters. The molecule has 7 heteroatoms. The van der Waals surface area contributed by atoms with Gasteiger partial charge in [-0.1, -0.05) is 13.3 Å². The van der Waals surface area contributed by atoms with Crippen LogP contribution in [-0.4, -0.2) is 56.7 Å². The van der Waals surface area contributed by atoms with Gasteiger partial charge in [0.05, 0.1) is 17.9 Å². The highest BCUT2D eigenvalue weighted by Crippen LogP contribution is 2.33. The summed E-state index contributed by atoms with van der Waals surface area (Å²) in [6, 6.07) is 0.930. The van der Waals surface area contributed by atoms with Gasteiger partial charge in [-0.15, -0.1) is 11.8 Å². The van der Waals surface area contributed by atoms with E-state index in [1.807, 2.05) is 26.8 Å². The standard InChI is InChI=1S/C14H23N3O3S/c1-4-6-12-17(11(9-21-12)13(18)19)14(20)16(10(2)3)8-5-7-15/h10-12H,4-6,8-9H2,1-3H3,(H,18,19). The number of urea groups is 1. The van der Waals surface area contributed by atoms with E-state index in [2.05, 4.69) is 0 Å². The van der Waals surface area contributed by atoms with Crippen molar-refractivity contribution in [1.82, 2.24) is 9.80 Å². The van der Waals surface area contributed by atoms with E-state index in [-0.39, 0.29) is 23.9 Å². The Morgan fingerprint density at radius 3 is 2.67 bits per heavy atom. The number of rotatable bonds is 6. The molecule has 1 rings (SSSR count). The van der Waals surface area contributed by atoms with E-state index in [1.54, 1.807) is 4.90 Å². The normalized spacial score (nSPS) is 21.4. The Balaban J connectivity index is 2.95. The number of nitrogens with zero attached hydrogens (tertiary/aromatic N) is 3. The highest BCUT2D eigenvalue weighted by molar-refractivity contribution is 8.00. The molecule has 1 aliphatic heterocycles. The molecule has 0 spiro atoms. The van der Waals surface area contributed by atoms with Crippen LogP contribution in [0.4, 0.5) is 4.79 Å². The van der Waals surface area contributed by atoms with E-state index >= 15 is 0 Å². The van der Waals surface area contributed by atoms with Crippen molar-refractivity contribution < 1.29 is 14.7 Å². The molecule has 1 aliphatic rings. The van der Waals surface area contributed by atoms with Crippen LogP contribution in [0.5, 0.6) is 0 Å². The van der Waals surface area contributed by atoms with Crippen molar-refractivity contribution in [3.8, 4) is 6.07 Å². The van der Waals surface area contributed by atoms with Gasteiger partial charge in [0, 0.05) is 18.3 Å². The van der Waals surface area contributed by atoms with Crippen LogP contribution in [0.15, 0.2) is 0 Å². The first-order chi connectivity index (χ1) is 9.93. The third kappa shape index (κ3) is 4.27. The largest absolute Gasteiger partial charge is 0.480 e. The molecule has 1 saturated heterocycles. The first kappa shape index (κ1) is 17.6. The Morgan fingerprint density at radius 2 is 2.19 bits per heavy atom. The topological polar surface area (TPSA) is 84.6 Å². The summed E-state index contributed by atoms with van der Waals surface area (Å²) >= 11 is 1.53. The van der Waals surface area contributed by atoms with E-state index in [1.165, 1.54) is 16.7 Å². The van der Waals surface area contributed by atoms with Gasteiger partial charge in [0.25, 0.3) is 0 Å². The van der Waals surface area contributed by atoms with Crippen LogP contribution in [0, 0.1) is 11.3 Å². The van der Waals surface area contributed by atoms with E-state index in [9.17, 15) is 14.7 Å². The SMILES string of the molecule is CCCC1SCC(C(=O)O)N1C(=O)N(CCC#N)C(C)C. The molecular formula is C14H23N3O3S. The van der Waals surface area contributed by atoms with Gasteiger partial charge in [0.15, 0.2) is 0 Å². The average molecular weight is 313 g/mol. The van der Waals surface area contributed by atoms with Gasteiger partial charge in [-0.05, 0) is 20.3 Å². The first-order valence-corrected chi connectivity index (χ1v) is 8.29. The number of thioether (sulfide) groups is 1. The molecule has 0 aromatic carbocycles. The zero-order valence-corrected chi connectivity index (χ0v) is 13.6. The monoisotopic (exact) mass is 313 g/mol. The average Bonchev–Trinajstić information content (AvgIpc) is 2.83. The lowest BCUT2D eigenvalue weighted by Crippen LogP contribution is -2.53. The van der Waals surface area contributed by atoms with Crippen LogP contribution >= 0.6 is 11.8 Å². The quantitative estimate of drug-likeness (QED) is 0.813. The predicted molar refractivity (Wildman–Crippen MR) is 81.9 cm³/mol. The van der Waals surface area contributed by atoms with Gasteiger partial charge >= 0.3 is 12.0 Å². The zero-order valence-electron chi connectivity index (χ0n) is 12.8. The summed E-state index contributed by atoms with van der Waals surface area (Å²) in [4.78, 5) is 27.2. The molecule has 1 heterocycles. The molecule has 0 saturated carbocycles. The number of hydrogen-bond acceptors (Lipinski definition) is 4. The lowest BCUT2D eigenvalue weighted by atomic mass is 10.2. The van der Waals surface area contributed by atoms with Crippen molar-refractivity contribution in [2.24, 2.45) is 0 Å². The fourth-order valence-electron chi connectivity index (χ4n) is 2.37. The summed E-state index contributed by atoms with van der Waals surface area (Å²) in [5.74, 6) is -0.533. The number of nitriles is 1. The first-order valence-electron chi connectivity index (χ1n) is 7.24. The number of aliphatic carboxylic acids is 1. The molecule has 1 fully saturated rings. The molecule has 1 N–H and O–H groups in total. The number of carboxylic acids is 1. The third-order valence-electron chi connectivity index (χ3n) is 3.47. The van der Waals surface area contributed by atoms with Crippen molar-refractivity contribution in [3.05, 3.63) is 0 Å². The van der Waals surface area contributed by atoms with Crippen molar-refractivity contribution in [3.63, 3.8) is 0 Å². The second kappa shape index (κ2) is 8.13. The molecule has 2 amide bonds. The van der Waals surface area contributed by atoms with Crippen LogP contribution in [0.3, 0.4) is 0 Å². The van der Waals surface area contributed by atoms with Gasteiger partial charge in [-0.25, -0.2) is 9.59 Å². The lowest BCUT2D eigenvalue weighted by molar-refractivity contribution is -0.141. The minimum atomic E-state index is -0.960. The lowest BCUT2D eigenvalue weighted by Gasteiger charge is -2.35. The molecular weight excluding hydrogens is 290 g/mol. The van der Waals surface area contributed by atoms with Crippen LogP contribution in [-0.2, 0) is 4.79 Å². The van der Waals surface area contributed by atoms with E-state index in [0.29, 0.717) is 12.3 Å². The van der Waals surface area contributed by atoms with E-state index < -0.39 is 12.0 Å². The van der Waals surface area contributed by atoms with Crippen LogP contribution in [0.2, 0.25) is 0 Å². The summed E-state index contributed by atoms with van der Waals surface area (Å²) in [7, 11) is 0. The number of carbonyl (C=O) groups is 2. The highest BCUT2D eigenvalue weighted by Gasteiger charge is 2.43. The van der Waals surface area contributed by atoms with Gasteiger partial charge in [0.2, 0.25) is 0 Å². The molecule has 2 atom stereocenters. The highest BCUT2D eigenvalue weighted by atomic mass is 32.2. The molecule has 0 aromatic rings. The number of carbonyl (C=O) groups excluding carboxylic acids is 1. The predicted octanol–water partition coefficient (Wildman–Crippen LogP) is 2.36. The van der Waals surface area contributed by atoms with E-state index in [0.717, 1.165) is 12.8 Å². The Morgan fingerprint density at radius 1 is 1.52 bits per heavy atom. The van der Waals surface area contributed by atoms with Gasteiger partial charge in [0.1, 0.15) is 6.04 Å². The Labute approximate surface area is 130 Å². The number of hydrogen-bond donors (Lipinski definition) is 1. The summed E-state index contributed by atoms with van der Waals surface area (Å²) in [5, 5.41) is 18.0. The molecule has 0 aliphatic carbocycles. The van der Waals surface area contributed by atoms with E-state index in [4.69, 9.17) is 5.26 Å². The van der Waals surface area contributed by atoms with Crippen molar-refractivity contribution >= 4 is 23.8 Å². The minimum absolute atomic E-state index is 0.0619.